The van der Waals surface area contributed by atoms with Crippen molar-refractivity contribution in [2.45, 2.75) is 25.4 Å². The lowest BCUT2D eigenvalue weighted by molar-refractivity contribution is 0.0137. The smallest absolute Gasteiger partial charge is 0.253 e. The Kier molecular flexibility index (Phi) is 5.08. The lowest BCUT2D eigenvalue weighted by atomic mass is 10.1. The van der Waals surface area contributed by atoms with Crippen molar-refractivity contribution in [2.75, 3.05) is 39.4 Å². The van der Waals surface area contributed by atoms with E-state index in [1.807, 2.05) is 29.2 Å². The van der Waals surface area contributed by atoms with Crippen molar-refractivity contribution >= 4 is 5.91 Å². The summed E-state index contributed by atoms with van der Waals surface area (Å²) in [6, 6.07) is 8.27. The number of hydrogen-bond donors (Lipinski definition) is 1. The molecule has 2 N–H and O–H groups in total. The number of amides is 1. The zero-order valence-corrected chi connectivity index (χ0v) is 13.0. The monoisotopic (exact) mass is 303 g/mol. The van der Waals surface area contributed by atoms with Crippen LogP contribution in [0.5, 0.6) is 0 Å². The molecule has 2 aliphatic rings. The summed E-state index contributed by atoms with van der Waals surface area (Å²) in [6.45, 7) is 5.82. The Balaban J connectivity index is 1.54. The molecule has 0 aromatic heterocycles. The maximum absolute atomic E-state index is 12.5. The molecule has 2 fully saturated rings. The number of hydrogen-bond acceptors (Lipinski definition) is 4. The van der Waals surface area contributed by atoms with Crippen molar-refractivity contribution in [3.63, 3.8) is 0 Å². The first kappa shape index (κ1) is 15.5. The highest BCUT2D eigenvalue weighted by molar-refractivity contribution is 5.94. The summed E-state index contributed by atoms with van der Waals surface area (Å²) in [5.74, 6) is 0.134. The number of nitrogens with zero attached hydrogens (tertiary/aromatic N) is 2. The molecule has 1 aromatic rings. The fourth-order valence-corrected chi connectivity index (χ4v) is 3.31. The van der Waals surface area contributed by atoms with Gasteiger partial charge in [0, 0.05) is 57.5 Å². The topological polar surface area (TPSA) is 58.8 Å². The molecule has 0 atom stereocenters. The molecular weight excluding hydrogens is 278 g/mol. The summed E-state index contributed by atoms with van der Waals surface area (Å²) < 4.78 is 5.43. The SMILES string of the molecule is NCc1ccc(C(=O)N2CCN(C3CCOCC3)CC2)cc1. The van der Waals surface area contributed by atoms with Crippen molar-refractivity contribution in [2.24, 2.45) is 5.73 Å². The molecule has 0 spiro atoms. The van der Waals surface area contributed by atoms with Gasteiger partial charge in [-0.1, -0.05) is 12.1 Å². The number of carbonyl (C=O) groups excluding carboxylic acids is 1. The van der Waals surface area contributed by atoms with Gasteiger partial charge in [0.05, 0.1) is 0 Å². The van der Waals surface area contributed by atoms with Crippen molar-refractivity contribution in [1.29, 1.82) is 0 Å². The van der Waals surface area contributed by atoms with Gasteiger partial charge in [0.2, 0.25) is 0 Å². The Bertz CT molecular complexity index is 489. The van der Waals surface area contributed by atoms with E-state index in [4.69, 9.17) is 10.5 Å². The summed E-state index contributed by atoms with van der Waals surface area (Å²) in [4.78, 5) is 17.0. The average Bonchev–Trinajstić information content (AvgIpc) is 2.62. The number of rotatable bonds is 3. The minimum atomic E-state index is 0.134. The second-order valence-corrected chi connectivity index (χ2v) is 6.07. The number of piperazine rings is 1. The van der Waals surface area contributed by atoms with Crippen LogP contribution in [0.2, 0.25) is 0 Å². The van der Waals surface area contributed by atoms with Gasteiger partial charge in [-0.2, -0.15) is 0 Å². The van der Waals surface area contributed by atoms with E-state index in [0.29, 0.717) is 12.6 Å². The van der Waals surface area contributed by atoms with Crippen LogP contribution in [0.1, 0.15) is 28.8 Å². The molecule has 0 radical (unpaired) electrons. The van der Waals surface area contributed by atoms with Crippen LogP contribution in [0, 0.1) is 0 Å². The van der Waals surface area contributed by atoms with Crippen molar-refractivity contribution < 1.29 is 9.53 Å². The Labute approximate surface area is 132 Å². The quantitative estimate of drug-likeness (QED) is 0.908. The molecule has 1 aromatic carbocycles. The van der Waals surface area contributed by atoms with Gasteiger partial charge in [0.1, 0.15) is 0 Å². The Hall–Kier alpha value is -1.43. The third-order valence-corrected chi connectivity index (χ3v) is 4.75. The number of nitrogens with two attached hydrogens (primary N) is 1. The third kappa shape index (κ3) is 3.48. The Morgan fingerprint density at radius 2 is 1.73 bits per heavy atom. The molecule has 0 unspecified atom stereocenters. The van der Waals surface area contributed by atoms with Crippen LogP contribution >= 0.6 is 0 Å². The van der Waals surface area contributed by atoms with Gasteiger partial charge in [-0.3, -0.25) is 9.69 Å². The first-order chi connectivity index (χ1) is 10.8. The molecule has 3 rings (SSSR count). The first-order valence-corrected chi connectivity index (χ1v) is 8.18. The highest BCUT2D eigenvalue weighted by Gasteiger charge is 2.27. The Morgan fingerprint density at radius 1 is 1.09 bits per heavy atom. The van der Waals surface area contributed by atoms with Gasteiger partial charge in [-0.25, -0.2) is 0 Å². The van der Waals surface area contributed by atoms with Crippen molar-refractivity contribution in [3.8, 4) is 0 Å². The maximum Gasteiger partial charge on any atom is 0.253 e. The number of carbonyl (C=O) groups is 1. The highest BCUT2D eigenvalue weighted by Crippen LogP contribution is 2.17. The summed E-state index contributed by atoms with van der Waals surface area (Å²) in [5, 5.41) is 0. The molecule has 22 heavy (non-hydrogen) atoms. The standard InChI is InChI=1S/C17H25N3O2/c18-13-14-1-3-15(4-2-14)17(21)20-9-7-19(8-10-20)16-5-11-22-12-6-16/h1-4,16H,5-13,18H2. The minimum Gasteiger partial charge on any atom is -0.381 e. The van der Waals surface area contributed by atoms with Gasteiger partial charge < -0.3 is 15.4 Å². The van der Waals surface area contributed by atoms with Crippen molar-refractivity contribution in [3.05, 3.63) is 35.4 Å². The normalized spacial score (nSPS) is 21.0. The summed E-state index contributed by atoms with van der Waals surface area (Å²) in [7, 11) is 0. The van der Waals surface area contributed by atoms with Crippen LogP contribution in [-0.4, -0.2) is 61.1 Å². The van der Waals surface area contributed by atoms with E-state index < -0.39 is 0 Å². The molecule has 5 heteroatoms. The molecule has 5 nitrogen and oxygen atoms in total. The maximum atomic E-state index is 12.5. The molecular formula is C17H25N3O2. The van der Waals surface area contributed by atoms with E-state index >= 15 is 0 Å². The lowest BCUT2D eigenvalue weighted by Gasteiger charge is -2.40. The van der Waals surface area contributed by atoms with E-state index in [-0.39, 0.29) is 5.91 Å². The van der Waals surface area contributed by atoms with Crippen LogP contribution in [0.3, 0.4) is 0 Å². The first-order valence-electron chi connectivity index (χ1n) is 8.18. The molecule has 2 heterocycles. The molecule has 2 saturated heterocycles. The third-order valence-electron chi connectivity index (χ3n) is 4.75. The number of ether oxygens (including phenoxy) is 1. The van der Waals surface area contributed by atoms with Gasteiger partial charge in [-0.05, 0) is 30.5 Å². The van der Waals surface area contributed by atoms with Gasteiger partial charge >= 0.3 is 0 Å². The Morgan fingerprint density at radius 3 is 2.32 bits per heavy atom. The molecule has 0 aliphatic carbocycles. The van der Waals surface area contributed by atoms with Gasteiger partial charge in [0.15, 0.2) is 0 Å². The lowest BCUT2D eigenvalue weighted by Crippen LogP contribution is -2.53. The van der Waals surface area contributed by atoms with Gasteiger partial charge in [0.25, 0.3) is 5.91 Å². The van der Waals surface area contributed by atoms with E-state index in [2.05, 4.69) is 4.90 Å². The van der Waals surface area contributed by atoms with E-state index in [9.17, 15) is 4.79 Å². The fourth-order valence-electron chi connectivity index (χ4n) is 3.31. The largest absolute Gasteiger partial charge is 0.381 e. The van der Waals surface area contributed by atoms with E-state index in [1.54, 1.807) is 0 Å². The van der Waals surface area contributed by atoms with E-state index in [0.717, 1.165) is 63.4 Å². The predicted molar refractivity (Wildman–Crippen MR) is 85.7 cm³/mol. The molecule has 120 valence electrons. The summed E-state index contributed by atoms with van der Waals surface area (Å²) >= 11 is 0. The summed E-state index contributed by atoms with van der Waals surface area (Å²) in [6.07, 6.45) is 2.24. The van der Waals surface area contributed by atoms with Gasteiger partial charge in [-0.15, -0.1) is 0 Å². The molecule has 2 aliphatic heterocycles. The van der Waals surface area contributed by atoms with Crippen molar-refractivity contribution in [1.82, 2.24) is 9.80 Å². The minimum absolute atomic E-state index is 0.134. The van der Waals surface area contributed by atoms with Crippen LogP contribution in [0.15, 0.2) is 24.3 Å². The van der Waals surface area contributed by atoms with Crippen LogP contribution in [0.4, 0.5) is 0 Å². The second-order valence-electron chi connectivity index (χ2n) is 6.07. The van der Waals surface area contributed by atoms with E-state index in [1.165, 1.54) is 0 Å². The van der Waals surface area contributed by atoms with Crippen LogP contribution in [0.25, 0.3) is 0 Å². The average molecular weight is 303 g/mol. The zero-order valence-electron chi connectivity index (χ0n) is 13.0. The summed E-state index contributed by atoms with van der Waals surface area (Å²) in [5.41, 5.74) is 7.41. The molecule has 0 saturated carbocycles. The predicted octanol–water partition coefficient (Wildman–Crippen LogP) is 1.08. The molecule has 1 amide bonds. The number of benzene rings is 1. The van der Waals surface area contributed by atoms with Crippen LogP contribution < -0.4 is 5.73 Å². The van der Waals surface area contributed by atoms with Crippen LogP contribution in [-0.2, 0) is 11.3 Å². The second kappa shape index (κ2) is 7.22. The highest BCUT2D eigenvalue weighted by atomic mass is 16.5. The zero-order chi connectivity index (χ0) is 15.4. The fraction of sp³-hybridized carbons (Fsp3) is 0.588. The molecule has 0 bridgehead atoms.